The van der Waals surface area contributed by atoms with Crippen molar-refractivity contribution in [1.82, 2.24) is 4.90 Å². The minimum Gasteiger partial charge on any atom is -0.490 e. The van der Waals surface area contributed by atoms with Crippen LogP contribution in [0.4, 0.5) is 5.69 Å². The number of ether oxygens (including phenoxy) is 2. The van der Waals surface area contributed by atoms with Crippen molar-refractivity contribution < 1.29 is 19.2 Å². The third kappa shape index (κ3) is 4.92. The van der Waals surface area contributed by atoms with Crippen LogP contribution in [0.2, 0.25) is 5.02 Å². The lowest BCUT2D eigenvalue weighted by atomic mass is 10.1. The topological polar surface area (TPSA) is 81.9 Å². The Hall–Kier alpha value is -2.62. The number of benzene rings is 2. The van der Waals surface area contributed by atoms with E-state index in [0.29, 0.717) is 37.9 Å². The molecule has 0 unspecified atom stereocenters. The molecule has 0 bridgehead atoms. The molecule has 1 aliphatic heterocycles. The van der Waals surface area contributed by atoms with Crippen molar-refractivity contribution >= 4 is 57.6 Å². The van der Waals surface area contributed by atoms with Gasteiger partial charge in [0.2, 0.25) is 0 Å². The monoisotopic (exact) mass is 464 g/mol. The minimum absolute atomic E-state index is 0.00799. The van der Waals surface area contributed by atoms with E-state index in [-0.39, 0.29) is 18.2 Å². The lowest BCUT2D eigenvalue weighted by molar-refractivity contribution is -0.384. The second kappa shape index (κ2) is 9.46. The van der Waals surface area contributed by atoms with Gasteiger partial charge in [0.05, 0.1) is 21.5 Å². The molecule has 2 aromatic carbocycles. The van der Waals surface area contributed by atoms with Crippen LogP contribution in [-0.4, -0.2) is 33.7 Å². The van der Waals surface area contributed by atoms with E-state index in [4.69, 9.17) is 33.3 Å². The summed E-state index contributed by atoms with van der Waals surface area (Å²) in [6, 6.07) is 9.48. The lowest BCUT2D eigenvalue weighted by Crippen LogP contribution is -2.22. The summed E-state index contributed by atoms with van der Waals surface area (Å²) < 4.78 is 12.0. The summed E-state index contributed by atoms with van der Waals surface area (Å²) in [6.45, 7) is 2.39. The number of halogens is 1. The molecule has 0 aromatic heterocycles. The highest BCUT2D eigenvalue weighted by atomic mass is 35.5. The van der Waals surface area contributed by atoms with Gasteiger partial charge in [-0.2, -0.15) is 0 Å². The minimum atomic E-state index is -0.459. The number of thiocarbonyl (C=S) groups is 1. The fourth-order valence-corrected chi connectivity index (χ4v) is 4.09. The summed E-state index contributed by atoms with van der Waals surface area (Å²) >= 11 is 12.8. The number of hydrogen-bond donors (Lipinski definition) is 0. The van der Waals surface area contributed by atoms with Crippen molar-refractivity contribution in [3.05, 3.63) is 67.6 Å². The molecule has 3 rings (SSSR count). The summed E-state index contributed by atoms with van der Waals surface area (Å²) in [5.41, 5.74) is 1.43. The van der Waals surface area contributed by atoms with Crippen LogP contribution in [0.5, 0.6) is 11.5 Å². The third-order valence-corrected chi connectivity index (χ3v) is 5.91. The Morgan fingerprint density at radius 3 is 2.53 bits per heavy atom. The van der Waals surface area contributed by atoms with Gasteiger partial charge in [0.25, 0.3) is 11.6 Å². The van der Waals surface area contributed by atoms with Crippen molar-refractivity contribution in [2.24, 2.45) is 0 Å². The maximum Gasteiger partial charge on any atom is 0.269 e. The highest BCUT2D eigenvalue weighted by Gasteiger charge is 2.28. The Balaban J connectivity index is 1.84. The zero-order chi connectivity index (χ0) is 21.8. The van der Waals surface area contributed by atoms with E-state index in [1.165, 1.54) is 28.8 Å². The Bertz CT molecular complexity index is 1040. The molecule has 0 N–H and O–H groups in total. The zero-order valence-corrected chi connectivity index (χ0v) is 18.5. The third-order valence-electron chi connectivity index (χ3n) is 4.15. The van der Waals surface area contributed by atoms with Gasteiger partial charge >= 0.3 is 0 Å². The molecule has 1 saturated heterocycles. The first-order chi connectivity index (χ1) is 14.3. The van der Waals surface area contributed by atoms with E-state index in [2.05, 4.69) is 0 Å². The second-order valence-corrected chi connectivity index (χ2v) is 8.30. The molecule has 7 nitrogen and oxygen atoms in total. The van der Waals surface area contributed by atoms with Crippen LogP contribution < -0.4 is 9.47 Å². The number of nitrogens with zero attached hydrogens (tertiary/aromatic N) is 2. The molecular weight excluding hydrogens is 448 g/mol. The van der Waals surface area contributed by atoms with E-state index in [1.54, 1.807) is 37.4 Å². The average Bonchev–Trinajstić information content (AvgIpc) is 2.94. The molecule has 0 saturated carbocycles. The van der Waals surface area contributed by atoms with Crippen molar-refractivity contribution in [3.8, 4) is 11.5 Å². The van der Waals surface area contributed by atoms with Crippen LogP contribution >= 0.6 is 35.6 Å². The maximum absolute atomic E-state index is 12.2. The molecule has 1 amide bonds. The molecule has 0 radical (unpaired) electrons. The first-order valence-electron chi connectivity index (χ1n) is 8.84. The number of thioether (sulfide) groups is 1. The molecule has 0 aliphatic carbocycles. The van der Waals surface area contributed by atoms with Crippen LogP contribution in [0.25, 0.3) is 6.08 Å². The van der Waals surface area contributed by atoms with Crippen molar-refractivity contribution in [2.75, 3.05) is 13.7 Å². The predicted molar refractivity (Wildman–Crippen MR) is 121 cm³/mol. The SMILES string of the molecule is CCOc1cc(/C=C2/SC(=S)N(C)C2=O)cc(Cl)c1OCc1ccc([N+](=O)[O-])cc1. The van der Waals surface area contributed by atoms with Crippen LogP contribution in [0.3, 0.4) is 0 Å². The number of hydrogen-bond acceptors (Lipinski definition) is 7. The fraction of sp³-hybridized carbons (Fsp3) is 0.200. The highest BCUT2D eigenvalue weighted by Crippen LogP contribution is 2.39. The molecule has 1 fully saturated rings. The molecule has 0 atom stereocenters. The number of rotatable bonds is 7. The number of amides is 1. The number of nitro groups is 1. The Morgan fingerprint density at radius 2 is 1.97 bits per heavy atom. The summed E-state index contributed by atoms with van der Waals surface area (Å²) in [6.07, 6.45) is 1.71. The zero-order valence-electron chi connectivity index (χ0n) is 16.1. The summed E-state index contributed by atoms with van der Waals surface area (Å²) in [4.78, 5) is 24.5. The van der Waals surface area contributed by atoms with Crippen LogP contribution in [-0.2, 0) is 11.4 Å². The molecule has 30 heavy (non-hydrogen) atoms. The van der Waals surface area contributed by atoms with Gasteiger partial charge in [0.15, 0.2) is 11.5 Å². The highest BCUT2D eigenvalue weighted by molar-refractivity contribution is 8.26. The number of likely N-dealkylation sites (N-methyl/N-ethyl adjacent to an activating group) is 1. The summed E-state index contributed by atoms with van der Waals surface area (Å²) in [5, 5.41) is 11.1. The van der Waals surface area contributed by atoms with E-state index in [0.717, 1.165) is 5.56 Å². The molecule has 2 aromatic rings. The van der Waals surface area contributed by atoms with Gasteiger partial charge in [0.1, 0.15) is 10.9 Å². The molecule has 0 spiro atoms. The average molecular weight is 465 g/mol. The molecule has 1 aliphatic rings. The Kier molecular flexibility index (Phi) is 6.96. The number of nitro benzene ring substituents is 1. The van der Waals surface area contributed by atoms with Crippen LogP contribution in [0.1, 0.15) is 18.1 Å². The molecule has 1 heterocycles. The van der Waals surface area contributed by atoms with E-state index >= 15 is 0 Å². The van der Waals surface area contributed by atoms with Crippen molar-refractivity contribution in [2.45, 2.75) is 13.5 Å². The lowest BCUT2D eigenvalue weighted by Gasteiger charge is -2.14. The molecule has 10 heteroatoms. The molecular formula is C20H17ClN2O5S2. The second-order valence-electron chi connectivity index (χ2n) is 6.22. The summed E-state index contributed by atoms with van der Waals surface area (Å²) in [7, 11) is 1.63. The smallest absolute Gasteiger partial charge is 0.269 e. The van der Waals surface area contributed by atoms with E-state index in [1.807, 2.05) is 6.92 Å². The normalized spacial score (nSPS) is 15.0. The van der Waals surface area contributed by atoms with Gasteiger partial charge in [-0.3, -0.25) is 19.8 Å². The van der Waals surface area contributed by atoms with Crippen LogP contribution in [0, 0.1) is 10.1 Å². The van der Waals surface area contributed by atoms with Gasteiger partial charge in [-0.15, -0.1) is 0 Å². The number of carbonyl (C=O) groups excluding carboxylic acids is 1. The Labute approximate surface area is 187 Å². The Morgan fingerprint density at radius 1 is 1.27 bits per heavy atom. The van der Waals surface area contributed by atoms with Gasteiger partial charge in [-0.05, 0) is 48.4 Å². The quantitative estimate of drug-likeness (QED) is 0.245. The first-order valence-corrected chi connectivity index (χ1v) is 10.4. The summed E-state index contributed by atoms with van der Waals surface area (Å²) in [5.74, 6) is 0.625. The van der Waals surface area contributed by atoms with Gasteiger partial charge in [-0.25, -0.2) is 0 Å². The van der Waals surface area contributed by atoms with Crippen molar-refractivity contribution in [1.29, 1.82) is 0 Å². The number of non-ortho nitro benzene ring substituents is 1. The largest absolute Gasteiger partial charge is 0.490 e. The van der Waals surface area contributed by atoms with Gasteiger partial charge in [-0.1, -0.05) is 35.6 Å². The van der Waals surface area contributed by atoms with Crippen LogP contribution in [0.15, 0.2) is 41.3 Å². The van der Waals surface area contributed by atoms with E-state index < -0.39 is 4.92 Å². The maximum atomic E-state index is 12.2. The standard InChI is InChI=1S/C20H17ClN2O5S2/c1-3-27-16-9-13(10-17-19(24)22(2)20(29)30-17)8-15(21)18(16)28-11-12-4-6-14(7-5-12)23(25)26/h4-10H,3,11H2,1-2H3/b17-10+. The molecule has 156 valence electrons. The van der Waals surface area contributed by atoms with Gasteiger partial charge < -0.3 is 9.47 Å². The van der Waals surface area contributed by atoms with Gasteiger partial charge in [0, 0.05) is 19.2 Å². The van der Waals surface area contributed by atoms with E-state index in [9.17, 15) is 14.9 Å². The number of carbonyl (C=O) groups is 1. The predicted octanol–water partition coefficient (Wildman–Crippen LogP) is 5.06. The fourth-order valence-electron chi connectivity index (χ4n) is 2.64. The van der Waals surface area contributed by atoms with Crippen molar-refractivity contribution in [3.63, 3.8) is 0 Å². The first kappa shape index (κ1) is 22.1.